The van der Waals surface area contributed by atoms with Crippen molar-refractivity contribution in [1.82, 2.24) is 39.4 Å². The van der Waals surface area contributed by atoms with E-state index in [2.05, 4.69) is 30.0 Å². The summed E-state index contributed by atoms with van der Waals surface area (Å²) in [5, 5.41) is 6.78. The second-order valence-electron chi connectivity index (χ2n) is 16.3. The molecule has 8 aromatic rings. The number of Topliss-reactive ketones (excluding diaryl/α,β-unsaturated/α-hetero) is 1. The first-order valence-corrected chi connectivity index (χ1v) is 24.4. The van der Waals surface area contributed by atoms with Gasteiger partial charge < -0.3 is 15.4 Å². The summed E-state index contributed by atoms with van der Waals surface area (Å²) in [5.74, 6) is 0.899. The summed E-state index contributed by atoms with van der Waals surface area (Å²) in [6.07, 6.45) is 14.0. The molecule has 0 spiro atoms. The summed E-state index contributed by atoms with van der Waals surface area (Å²) in [7, 11) is -3.60. The van der Waals surface area contributed by atoms with Gasteiger partial charge in [0, 0.05) is 76.3 Å². The van der Waals surface area contributed by atoms with E-state index in [1.54, 1.807) is 47.6 Å². The van der Waals surface area contributed by atoms with Crippen LogP contribution in [0.3, 0.4) is 0 Å². The quantitative estimate of drug-likeness (QED) is 0.0795. The number of sulfone groups is 1. The smallest absolute Gasteiger partial charge is 0.251 e. The maximum absolute atomic E-state index is 12.4. The summed E-state index contributed by atoms with van der Waals surface area (Å²) in [4.78, 5) is 54.3. The predicted molar refractivity (Wildman–Crippen MR) is 252 cm³/mol. The zero-order valence-electron chi connectivity index (χ0n) is 35.8. The van der Waals surface area contributed by atoms with E-state index in [4.69, 9.17) is 4.98 Å². The number of imidazole rings is 2. The summed E-state index contributed by atoms with van der Waals surface area (Å²) < 4.78 is 28.7. The van der Waals surface area contributed by atoms with Crippen molar-refractivity contribution in [1.29, 1.82) is 0 Å². The van der Waals surface area contributed by atoms with Gasteiger partial charge in [-0.25, -0.2) is 28.4 Å². The summed E-state index contributed by atoms with van der Waals surface area (Å²) in [6.45, 7) is 1.62. The minimum Gasteiger partial charge on any atom is -0.349 e. The van der Waals surface area contributed by atoms with Gasteiger partial charge in [0.15, 0.2) is 26.2 Å². The number of amides is 2. The molecule has 0 saturated heterocycles. The molecule has 15 heteroatoms. The van der Waals surface area contributed by atoms with E-state index in [9.17, 15) is 22.8 Å². The number of nitrogens with zero attached hydrogens (tertiary/aromatic N) is 6. The number of thioether (sulfide) groups is 1. The molecule has 2 N–H and O–H groups in total. The van der Waals surface area contributed by atoms with Crippen molar-refractivity contribution in [3.05, 3.63) is 145 Å². The molecule has 2 aliphatic rings. The molecular formula is C50H46N8O5S2. The van der Waals surface area contributed by atoms with Crippen molar-refractivity contribution < 1.29 is 22.8 Å². The standard InChI is InChI=1S/C27H26N4O2S.C23H20N4O3S/c1-18(32)6-5-15-34-27-25-28-16-24(31(25)17-23(30-27)19-7-3-2-4-8-19)20-9-11-21(12-10-20)26(33)29-22-13-14-22;1-31(29,30)23-21-24-13-20(27(21)14-19(26-23)15-5-3-2-4-6-15)16-7-9-17(10-8-16)22(28)25-18-11-12-18/h2-4,7-12,16-17,22H,5-6,13-15H2,1H3,(H,29,33);2-10,13-14,18H,11-12H2,1H3,(H,25,28). The largest absolute Gasteiger partial charge is 0.349 e. The molecule has 328 valence electrons. The topological polar surface area (TPSA) is 170 Å². The van der Waals surface area contributed by atoms with E-state index in [1.807, 2.05) is 109 Å². The molecule has 0 bridgehead atoms. The summed E-state index contributed by atoms with van der Waals surface area (Å²) in [6, 6.07) is 35.0. The monoisotopic (exact) mass is 902 g/mol. The minimum atomic E-state index is -3.60. The first-order chi connectivity index (χ1) is 31.5. The van der Waals surface area contributed by atoms with Gasteiger partial charge in [0.2, 0.25) is 0 Å². The van der Waals surface area contributed by atoms with E-state index < -0.39 is 9.84 Å². The van der Waals surface area contributed by atoms with Crippen LogP contribution < -0.4 is 10.6 Å². The Kier molecular flexibility index (Phi) is 12.4. The van der Waals surface area contributed by atoms with Crippen molar-refractivity contribution in [3.8, 4) is 45.0 Å². The van der Waals surface area contributed by atoms with Crippen LogP contribution in [0.25, 0.3) is 56.3 Å². The van der Waals surface area contributed by atoms with Crippen molar-refractivity contribution in [2.45, 2.75) is 67.6 Å². The third-order valence-electron chi connectivity index (χ3n) is 11.0. The van der Waals surface area contributed by atoms with Crippen molar-refractivity contribution in [3.63, 3.8) is 0 Å². The van der Waals surface area contributed by atoms with Crippen LogP contribution in [0.15, 0.2) is 144 Å². The highest BCUT2D eigenvalue weighted by molar-refractivity contribution is 7.99. The molecule has 4 aromatic carbocycles. The number of fused-ring (bicyclic) bond motifs is 2. The van der Waals surface area contributed by atoms with Crippen molar-refractivity contribution >= 4 is 50.5 Å². The van der Waals surface area contributed by atoms with Gasteiger partial charge in [-0.15, -0.1) is 11.8 Å². The SMILES string of the molecule is CC(=O)CCCSc1nc(-c2ccccc2)cn2c(-c3ccc(C(=O)NC4CC4)cc3)cnc12.CS(=O)(=O)c1nc(-c2ccccc2)cn2c(-c3ccc(C(=O)NC4CC4)cc3)cnc12. The number of ketones is 1. The molecule has 13 nitrogen and oxygen atoms in total. The molecule has 2 fully saturated rings. The van der Waals surface area contributed by atoms with E-state index in [0.717, 1.165) is 88.4 Å². The van der Waals surface area contributed by atoms with Gasteiger partial charge in [0.1, 0.15) is 10.8 Å². The van der Waals surface area contributed by atoms with Crippen LogP contribution in [0.5, 0.6) is 0 Å². The van der Waals surface area contributed by atoms with Crippen molar-refractivity contribution in [2.24, 2.45) is 0 Å². The minimum absolute atomic E-state index is 0.0213. The number of carbonyl (C=O) groups is 3. The molecule has 0 unspecified atom stereocenters. The van der Waals surface area contributed by atoms with Crippen LogP contribution >= 0.6 is 11.8 Å². The molecule has 4 heterocycles. The normalized spacial score (nSPS) is 13.6. The predicted octanol–water partition coefficient (Wildman–Crippen LogP) is 8.78. The number of carbonyl (C=O) groups excluding carboxylic acids is 3. The lowest BCUT2D eigenvalue weighted by atomic mass is 10.1. The van der Waals surface area contributed by atoms with E-state index in [1.165, 1.54) is 0 Å². The molecule has 0 aliphatic heterocycles. The zero-order valence-corrected chi connectivity index (χ0v) is 37.5. The molecule has 2 saturated carbocycles. The van der Waals surface area contributed by atoms with E-state index in [-0.39, 0.29) is 28.3 Å². The average molecular weight is 903 g/mol. The Morgan fingerprint density at radius 2 is 1.09 bits per heavy atom. The fraction of sp³-hybridized carbons (Fsp3) is 0.220. The fourth-order valence-electron chi connectivity index (χ4n) is 7.26. The highest BCUT2D eigenvalue weighted by atomic mass is 32.2. The third-order valence-corrected chi connectivity index (χ3v) is 13.1. The lowest BCUT2D eigenvalue weighted by Gasteiger charge is -2.10. The Bertz CT molecular complexity index is 3150. The first-order valence-electron chi connectivity index (χ1n) is 21.5. The van der Waals surface area contributed by atoms with Crippen LogP contribution in [0, 0.1) is 0 Å². The van der Waals surface area contributed by atoms with Crippen LogP contribution in [0.2, 0.25) is 0 Å². The van der Waals surface area contributed by atoms with Gasteiger partial charge in [-0.2, -0.15) is 0 Å². The van der Waals surface area contributed by atoms with Crippen LogP contribution in [0.4, 0.5) is 0 Å². The van der Waals surface area contributed by atoms with Crippen LogP contribution in [-0.2, 0) is 14.6 Å². The van der Waals surface area contributed by atoms with Gasteiger partial charge >= 0.3 is 0 Å². The number of hydrogen-bond donors (Lipinski definition) is 2. The molecule has 0 atom stereocenters. The number of hydrogen-bond acceptors (Lipinski definition) is 10. The summed E-state index contributed by atoms with van der Waals surface area (Å²) in [5.41, 5.74) is 9.01. The van der Waals surface area contributed by atoms with Gasteiger partial charge in [-0.1, -0.05) is 84.9 Å². The highest BCUT2D eigenvalue weighted by Gasteiger charge is 2.25. The average Bonchev–Trinajstić information content (AvgIpc) is 4.24. The third kappa shape index (κ3) is 10.2. The van der Waals surface area contributed by atoms with Crippen molar-refractivity contribution in [2.75, 3.05) is 12.0 Å². The molecule has 10 rings (SSSR count). The lowest BCUT2D eigenvalue weighted by Crippen LogP contribution is -2.25. The maximum Gasteiger partial charge on any atom is 0.251 e. The number of rotatable bonds is 14. The number of nitrogens with one attached hydrogen (secondary N) is 2. The number of benzene rings is 4. The van der Waals surface area contributed by atoms with Gasteiger partial charge in [-0.3, -0.25) is 18.4 Å². The van der Waals surface area contributed by atoms with Gasteiger partial charge in [-0.05, 0) is 63.3 Å². The molecule has 2 aliphatic carbocycles. The molecule has 4 aromatic heterocycles. The Morgan fingerprint density at radius 1 is 0.631 bits per heavy atom. The first kappa shape index (κ1) is 43.3. The highest BCUT2D eigenvalue weighted by Crippen LogP contribution is 2.32. The van der Waals surface area contributed by atoms with Crippen LogP contribution in [0.1, 0.15) is 66.2 Å². The molecule has 0 radical (unpaired) electrons. The Balaban J connectivity index is 0.000000165. The van der Waals surface area contributed by atoms with Gasteiger partial charge in [0.05, 0.1) is 35.2 Å². The maximum atomic E-state index is 12.4. The summed E-state index contributed by atoms with van der Waals surface area (Å²) >= 11 is 1.63. The second-order valence-corrected chi connectivity index (χ2v) is 19.4. The van der Waals surface area contributed by atoms with Crippen LogP contribution in [-0.4, -0.2) is 78.8 Å². The zero-order chi connectivity index (χ0) is 45.1. The lowest BCUT2D eigenvalue weighted by molar-refractivity contribution is -0.117. The molecule has 65 heavy (non-hydrogen) atoms. The second kappa shape index (κ2) is 18.6. The van der Waals surface area contributed by atoms with E-state index in [0.29, 0.717) is 41.0 Å². The Hall–Kier alpha value is -6.97. The fourth-order valence-corrected chi connectivity index (χ4v) is 8.93. The Morgan fingerprint density at radius 3 is 1.55 bits per heavy atom. The molecular weight excluding hydrogens is 857 g/mol. The van der Waals surface area contributed by atoms with Gasteiger partial charge in [0.25, 0.3) is 11.8 Å². The molecule has 2 amide bonds. The Labute approximate surface area is 380 Å². The number of aromatic nitrogens is 6. The van der Waals surface area contributed by atoms with E-state index >= 15 is 0 Å².